The van der Waals surface area contributed by atoms with Gasteiger partial charge in [0.05, 0.1) is 33.3 Å². The van der Waals surface area contributed by atoms with Gasteiger partial charge in [-0.3, -0.25) is 4.57 Å². The van der Waals surface area contributed by atoms with Gasteiger partial charge in [-0.2, -0.15) is 0 Å². The Balaban J connectivity index is 1.09. The minimum Gasteiger partial charge on any atom is -0.456 e. The Hall–Kier alpha value is -8.02. The van der Waals surface area contributed by atoms with E-state index in [1.54, 1.807) is 0 Å². The molecule has 0 unspecified atom stereocenters. The third kappa shape index (κ3) is 4.67. The molecule has 0 aliphatic heterocycles. The van der Waals surface area contributed by atoms with Gasteiger partial charge in [0.25, 0.3) is 0 Å². The Kier molecular flexibility index (Phi) is 6.66. The van der Waals surface area contributed by atoms with E-state index in [0.29, 0.717) is 5.95 Å². The molecule has 5 nitrogen and oxygen atoms in total. The molecule has 13 aromatic rings. The molecule has 4 heterocycles. The Labute approximate surface area is 337 Å². The molecule has 0 saturated carbocycles. The Morgan fingerprint density at radius 3 is 1.81 bits per heavy atom. The van der Waals surface area contributed by atoms with Gasteiger partial charge in [0.15, 0.2) is 0 Å². The molecule has 13 rings (SSSR count). The molecule has 5 heteroatoms. The number of rotatable bonds is 4. The van der Waals surface area contributed by atoms with Crippen LogP contribution in [0.3, 0.4) is 0 Å². The summed E-state index contributed by atoms with van der Waals surface area (Å²) in [4.78, 5) is 10.8. The van der Waals surface area contributed by atoms with Crippen molar-refractivity contribution in [3.8, 4) is 34.0 Å². The SMILES string of the molecule is c1ccc(-n2c3ccccc3c3cc(-c4cc5c(c6ccccc46)c4ccccc4n5-c4nc(-c5ccc6oc7ccccc7c6c5)c5ccccc5n4)ccc32)cc1. The number of benzene rings is 9. The molecule has 0 N–H and O–H groups in total. The van der Waals surface area contributed by atoms with Crippen molar-refractivity contribution in [2.75, 3.05) is 0 Å². The van der Waals surface area contributed by atoms with Crippen LogP contribution in [-0.4, -0.2) is 19.1 Å². The molecule has 4 aromatic heterocycles. The van der Waals surface area contributed by atoms with Crippen LogP contribution in [0.1, 0.15) is 0 Å². The van der Waals surface area contributed by atoms with E-state index in [1.807, 2.05) is 12.1 Å². The first-order chi connectivity index (χ1) is 29.3. The number of fused-ring (bicyclic) bond motifs is 12. The van der Waals surface area contributed by atoms with Crippen molar-refractivity contribution >= 4 is 87.2 Å². The summed E-state index contributed by atoms with van der Waals surface area (Å²) in [7, 11) is 0. The van der Waals surface area contributed by atoms with Crippen LogP contribution in [-0.2, 0) is 0 Å². The summed E-state index contributed by atoms with van der Waals surface area (Å²) >= 11 is 0. The number of aromatic nitrogens is 4. The van der Waals surface area contributed by atoms with Gasteiger partial charge in [0.2, 0.25) is 5.95 Å². The summed E-state index contributed by atoms with van der Waals surface area (Å²) in [6.07, 6.45) is 0. The Morgan fingerprint density at radius 1 is 0.356 bits per heavy atom. The lowest BCUT2D eigenvalue weighted by molar-refractivity contribution is 0.669. The summed E-state index contributed by atoms with van der Waals surface area (Å²) in [6.45, 7) is 0. The van der Waals surface area contributed by atoms with Crippen molar-refractivity contribution in [1.29, 1.82) is 0 Å². The van der Waals surface area contributed by atoms with Crippen molar-refractivity contribution in [2.45, 2.75) is 0 Å². The number of hydrogen-bond donors (Lipinski definition) is 0. The van der Waals surface area contributed by atoms with Crippen LogP contribution in [0.4, 0.5) is 0 Å². The van der Waals surface area contributed by atoms with Crippen LogP contribution >= 0.6 is 0 Å². The molecule has 0 radical (unpaired) electrons. The Bertz CT molecular complexity index is 3850. The Morgan fingerprint density at radius 2 is 0.966 bits per heavy atom. The van der Waals surface area contributed by atoms with E-state index in [0.717, 1.165) is 77.3 Å². The molecule has 0 amide bonds. The minimum absolute atomic E-state index is 0.629. The summed E-state index contributed by atoms with van der Waals surface area (Å²) in [5.74, 6) is 0.629. The zero-order valence-electron chi connectivity index (χ0n) is 31.7. The quantitative estimate of drug-likeness (QED) is 0.180. The highest BCUT2D eigenvalue weighted by molar-refractivity contribution is 6.24. The second kappa shape index (κ2) is 12.2. The molecule has 274 valence electrons. The van der Waals surface area contributed by atoms with E-state index in [-0.39, 0.29) is 0 Å². The standard InChI is InChI=1S/C54H32N4O/c1-2-14-35(15-3-1)57-46-23-11-7-17-37(46)43-30-33(26-28-48(43)57)42-32-49-52(39-19-5-4-16-36(39)42)41-21-8-12-24-47(41)58(49)54-55-45-22-10-6-20-40(45)53(56-54)34-27-29-51-44(31-34)38-18-9-13-25-50(38)59-51/h1-32H. The van der Waals surface area contributed by atoms with Gasteiger partial charge in [-0.05, 0) is 94.7 Å². The molecule has 59 heavy (non-hydrogen) atoms. The van der Waals surface area contributed by atoms with Crippen LogP contribution in [0.25, 0.3) is 121 Å². The first-order valence-corrected chi connectivity index (χ1v) is 20.0. The van der Waals surface area contributed by atoms with Crippen LogP contribution in [0.15, 0.2) is 199 Å². The highest BCUT2D eigenvalue weighted by Crippen LogP contribution is 2.43. The van der Waals surface area contributed by atoms with Crippen LogP contribution in [0, 0.1) is 0 Å². The van der Waals surface area contributed by atoms with E-state index >= 15 is 0 Å². The van der Waals surface area contributed by atoms with E-state index in [2.05, 4.69) is 191 Å². The van der Waals surface area contributed by atoms with Crippen LogP contribution in [0.5, 0.6) is 0 Å². The minimum atomic E-state index is 0.629. The molecule has 0 saturated heterocycles. The van der Waals surface area contributed by atoms with Gasteiger partial charge >= 0.3 is 0 Å². The highest BCUT2D eigenvalue weighted by Gasteiger charge is 2.22. The predicted octanol–water partition coefficient (Wildman–Crippen LogP) is 14.2. The summed E-state index contributed by atoms with van der Waals surface area (Å²) in [6, 6.07) is 69.0. The molecule has 0 bridgehead atoms. The molecule has 0 fully saturated rings. The second-order valence-corrected chi connectivity index (χ2v) is 15.3. The maximum Gasteiger partial charge on any atom is 0.235 e. The zero-order chi connectivity index (χ0) is 38.6. The van der Waals surface area contributed by atoms with Gasteiger partial charge in [-0.1, -0.05) is 121 Å². The maximum absolute atomic E-state index is 6.22. The van der Waals surface area contributed by atoms with Crippen LogP contribution < -0.4 is 0 Å². The van der Waals surface area contributed by atoms with Crippen LogP contribution in [0.2, 0.25) is 0 Å². The first kappa shape index (κ1) is 32.1. The largest absolute Gasteiger partial charge is 0.456 e. The maximum atomic E-state index is 6.22. The van der Waals surface area contributed by atoms with E-state index in [4.69, 9.17) is 14.4 Å². The molecule has 0 atom stereocenters. The summed E-state index contributed by atoms with van der Waals surface area (Å²) in [5, 5.41) is 10.4. The molecule has 0 aliphatic carbocycles. The van der Waals surface area contributed by atoms with Crippen molar-refractivity contribution in [2.24, 2.45) is 0 Å². The highest BCUT2D eigenvalue weighted by atomic mass is 16.3. The number of furan rings is 1. The van der Waals surface area contributed by atoms with Gasteiger partial charge in [-0.25, -0.2) is 9.97 Å². The molecule has 9 aromatic carbocycles. The second-order valence-electron chi connectivity index (χ2n) is 15.3. The zero-order valence-corrected chi connectivity index (χ0v) is 31.7. The fourth-order valence-corrected chi connectivity index (χ4v) is 9.54. The van der Waals surface area contributed by atoms with E-state index in [9.17, 15) is 0 Å². The average Bonchev–Trinajstić information content (AvgIpc) is 3.96. The van der Waals surface area contributed by atoms with E-state index < -0.39 is 0 Å². The summed E-state index contributed by atoms with van der Waals surface area (Å²) in [5.41, 5.74) is 12.5. The topological polar surface area (TPSA) is 48.8 Å². The van der Waals surface area contributed by atoms with Gasteiger partial charge < -0.3 is 8.98 Å². The smallest absolute Gasteiger partial charge is 0.235 e. The van der Waals surface area contributed by atoms with Gasteiger partial charge in [0.1, 0.15) is 11.2 Å². The fourth-order valence-electron chi connectivity index (χ4n) is 9.54. The third-order valence-electron chi connectivity index (χ3n) is 12.1. The predicted molar refractivity (Wildman–Crippen MR) is 244 cm³/mol. The van der Waals surface area contributed by atoms with Gasteiger partial charge in [-0.15, -0.1) is 0 Å². The van der Waals surface area contributed by atoms with Crippen molar-refractivity contribution in [3.05, 3.63) is 194 Å². The van der Waals surface area contributed by atoms with Gasteiger partial charge in [0, 0.05) is 49.0 Å². The lowest BCUT2D eigenvalue weighted by Gasteiger charge is -2.14. The van der Waals surface area contributed by atoms with Crippen molar-refractivity contribution in [3.63, 3.8) is 0 Å². The normalized spacial score (nSPS) is 12.1. The number of para-hydroxylation sites is 5. The monoisotopic (exact) mass is 752 g/mol. The lowest BCUT2D eigenvalue weighted by Crippen LogP contribution is -2.03. The molecular formula is C54H32N4O. The first-order valence-electron chi connectivity index (χ1n) is 20.0. The fraction of sp³-hybridized carbons (Fsp3) is 0. The molecular weight excluding hydrogens is 721 g/mol. The lowest BCUT2D eigenvalue weighted by atomic mass is 9.94. The third-order valence-corrected chi connectivity index (χ3v) is 12.1. The molecule has 0 spiro atoms. The summed E-state index contributed by atoms with van der Waals surface area (Å²) < 4.78 is 10.9. The number of hydrogen-bond acceptors (Lipinski definition) is 3. The number of nitrogens with zero attached hydrogens (tertiary/aromatic N) is 4. The van der Waals surface area contributed by atoms with Crippen molar-refractivity contribution in [1.82, 2.24) is 19.1 Å². The molecule has 0 aliphatic rings. The average molecular weight is 753 g/mol. The van der Waals surface area contributed by atoms with Crippen molar-refractivity contribution < 1.29 is 4.42 Å². The van der Waals surface area contributed by atoms with E-state index in [1.165, 1.54) is 38.0 Å².